The van der Waals surface area contributed by atoms with Crippen molar-refractivity contribution < 1.29 is 4.52 Å². The van der Waals surface area contributed by atoms with Crippen molar-refractivity contribution in [1.82, 2.24) is 20.3 Å². The van der Waals surface area contributed by atoms with Crippen LogP contribution in [0.1, 0.15) is 32.1 Å². The summed E-state index contributed by atoms with van der Waals surface area (Å²) < 4.78 is 5.31. The molecule has 1 saturated carbocycles. The average molecular weight is 321 g/mol. The summed E-state index contributed by atoms with van der Waals surface area (Å²) in [7, 11) is 0. The van der Waals surface area contributed by atoms with Gasteiger partial charge >= 0.3 is 0 Å². The zero-order valence-corrected chi connectivity index (χ0v) is 13.4. The third-order valence-electron chi connectivity index (χ3n) is 4.30. The van der Waals surface area contributed by atoms with Crippen LogP contribution in [0.2, 0.25) is 0 Å². The van der Waals surface area contributed by atoms with Crippen LogP contribution < -0.4 is 5.32 Å². The molecular weight excluding hydrogens is 302 g/mol. The molecule has 1 N–H and O–H groups in total. The molecule has 24 heavy (non-hydrogen) atoms. The average Bonchev–Trinajstić information content (AvgIpc) is 3.14. The van der Waals surface area contributed by atoms with Crippen LogP contribution in [0.3, 0.4) is 0 Å². The maximum absolute atomic E-state index is 5.31. The quantitative estimate of drug-likeness (QED) is 0.784. The Morgan fingerprint density at radius 2 is 1.75 bits per heavy atom. The van der Waals surface area contributed by atoms with Crippen LogP contribution in [0.5, 0.6) is 0 Å². The molecule has 2 heterocycles. The molecule has 1 fully saturated rings. The first-order chi connectivity index (χ1) is 11.9. The summed E-state index contributed by atoms with van der Waals surface area (Å²) in [6, 6.07) is 14.0. The predicted molar refractivity (Wildman–Crippen MR) is 91.3 cm³/mol. The van der Waals surface area contributed by atoms with Crippen molar-refractivity contribution in [3.05, 3.63) is 42.5 Å². The van der Waals surface area contributed by atoms with Gasteiger partial charge in [0.25, 0.3) is 5.89 Å². The molecule has 0 amide bonds. The van der Waals surface area contributed by atoms with E-state index in [9.17, 15) is 0 Å². The van der Waals surface area contributed by atoms with Gasteiger partial charge in [0.05, 0.1) is 0 Å². The lowest BCUT2D eigenvalue weighted by Crippen LogP contribution is -2.22. The summed E-state index contributed by atoms with van der Waals surface area (Å²) in [5, 5.41) is 15.9. The van der Waals surface area contributed by atoms with E-state index in [0.29, 0.717) is 23.5 Å². The standard InChI is InChI=1S/C18H19N5O/c1-3-7-13(8-4-1)17-20-18(24-23-17)15-11-12-16(22-21-15)19-14-9-5-2-6-10-14/h1,3-4,7-8,11-12,14H,2,5-6,9-10H2,(H,19,22). The third kappa shape index (κ3) is 3.27. The largest absolute Gasteiger partial charge is 0.366 e. The van der Waals surface area contributed by atoms with E-state index in [1.54, 1.807) is 0 Å². The molecule has 122 valence electrons. The molecule has 0 radical (unpaired) electrons. The van der Waals surface area contributed by atoms with Crippen molar-refractivity contribution in [1.29, 1.82) is 0 Å². The lowest BCUT2D eigenvalue weighted by Gasteiger charge is -2.22. The van der Waals surface area contributed by atoms with E-state index in [4.69, 9.17) is 4.52 Å². The summed E-state index contributed by atoms with van der Waals surface area (Å²) in [5.41, 5.74) is 1.50. The number of rotatable bonds is 4. The summed E-state index contributed by atoms with van der Waals surface area (Å²) in [5.74, 6) is 1.73. The minimum Gasteiger partial charge on any atom is -0.366 e. The van der Waals surface area contributed by atoms with Gasteiger partial charge in [0.15, 0.2) is 5.69 Å². The fourth-order valence-electron chi connectivity index (χ4n) is 3.01. The molecule has 0 saturated heterocycles. The highest BCUT2D eigenvalue weighted by atomic mass is 16.5. The fourth-order valence-corrected chi connectivity index (χ4v) is 3.01. The molecule has 0 bridgehead atoms. The van der Waals surface area contributed by atoms with Gasteiger partial charge in [0, 0.05) is 11.6 Å². The van der Waals surface area contributed by atoms with Gasteiger partial charge in [-0.2, -0.15) is 4.98 Å². The van der Waals surface area contributed by atoms with Gasteiger partial charge in [0.2, 0.25) is 5.82 Å². The topological polar surface area (TPSA) is 76.7 Å². The Morgan fingerprint density at radius 1 is 0.917 bits per heavy atom. The Bertz CT molecular complexity index is 779. The van der Waals surface area contributed by atoms with E-state index in [2.05, 4.69) is 25.7 Å². The van der Waals surface area contributed by atoms with Gasteiger partial charge in [-0.05, 0) is 25.0 Å². The summed E-state index contributed by atoms with van der Waals surface area (Å²) in [6.07, 6.45) is 6.31. The molecule has 0 unspecified atom stereocenters. The molecule has 6 heteroatoms. The summed E-state index contributed by atoms with van der Waals surface area (Å²) >= 11 is 0. The first kappa shape index (κ1) is 14.8. The molecule has 2 aromatic heterocycles. The van der Waals surface area contributed by atoms with E-state index >= 15 is 0 Å². The van der Waals surface area contributed by atoms with Crippen molar-refractivity contribution >= 4 is 5.82 Å². The Hall–Kier alpha value is -2.76. The van der Waals surface area contributed by atoms with Crippen molar-refractivity contribution in [2.75, 3.05) is 5.32 Å². The molecule has 3 aromatic rings. The van der Waals surface area contributed by atoms with Crippen LogP contribution in [0.25, 0.3) is 23.0 Å². The normalized spacial score (nSPS) is 15.3. The zero-order chi connectivity index (χ0) is 16.2. The van der Waals surface area contributed by atoms with Crippen LogP contribution in [0.4, 0.5) is 5.82 Å². The molecule has 1 aliphatic carbocycles. The number of aromatic nitrogens is 4. The Kier molecular flexibility index (Phi) is 4.18. The van der Waals surface area contributed by atoms with E-state index < -0.39 is 0 Å². The number of anilines is 1. The van der Waals surface area contributed by atoms with E-state index in [0.717, 1.165) is 11.4 Å². The number of nitrogens with one attached hydrogen (secondary N) is 1. The third-order valence-corrected chi connectivity index (χ3v) is 4.30. The van der Waals surface area contributed by atoms with Crippen LogP contribution >= 0.6 is 0 Å². The predicted octanol–water partition coefficient (Wildman–Crippen LogP) is 3.94. The monoisotopic (exact) mass is 321 g/mol. The summed E-state index contributed by atoms with van der Waals surface area (Å²) in [4.78, 5) is 4.40. The molecule has 1 aliphatic rings. The van der Waals surface area contributed by atoms with Crippen molar-refractivity contribution in [2.45, 2.75) is 38.1 Å². The van der Waals surface area contributed by atoms with Crippen molar-refractivity contribution in [2.24, 2.45) is 0 Å². The number of nitrogens with zero attached hydrogens (tertiary/aromatic N) is 4. The minimum absolute atomic E-state index is 0.380. The molecular formula is C18H19N5O. The highest BCUT2D eigenvalue weighted by Gasteiger charge is 2.15. The number of hydrogen-bond acceptors (Lipinski definition) is 6. The maximum Gasteiger partial charge on any atom is 0.278 e. The molecule has 4 rings (SSSR count). The van der Waals surface area contributed by atoms with Gasteiger partial charge in [-0.1, -0.05) is 54.8 Å². The van der Waals surface area contributed by atoms with Gasteiger partial charge in [-0.15, -0.1) is 10.2 Å². The van der Waals surface area contributed by atoms with E-state index in [1.807, 2.05) is 42.5 Å². The molecule has 1 aromatic carbocycles. The van der Waals surface area contributed by atoms with Crippen LogP contribution in [0.15, 0.2) is 47.0 Å². The zero-order valence-electron chi connectivity index (χ0n) is 13.4. The van der Waals surface area contributed by atoms with Gasteiger partial charge in [-0.25, -0.2) is 0 Å². The second kappa shape index (κ2) is 6.78. The van der Waals surface area contributed by atoms with Crippen LogP contribution in [-0.4, -0.2) is 26.4 Å². The van der Waals surface area contributed by atoms with E-state index in [1.165, 1.54) is 32.1 Å². The van der Waals surface area contributed by atoms with Crippen molar-refractivity contribution in [3.8, 4) is 23.0 Å². The van der Waals surface area contributed by atoms with E-state index in [-0.39, 0.29) is 0 Å². The SMILES string of the molecule is c1ccc(-c2noc(-c3ccc(NC4CCCCC4)nn3)n2)cc1. The minimum atomic E-state index is 0.380. The maximum atomic E-state index is 5.31. The first-order valence-electron chi connectivity index (χ1n) is 8.38. The van der Waals surface area contributed by atoms with Crippen LogP contribution in [0, 0.1) is 0 Å². The summed E-state index contributed by atoms with van der Waals surface area (Å²) in [6.45, 7) is 0. The Labute approximate surface area is 140 Å². The highest BCUT2D eigenvalue weighted by molar-refractivity contribution is 5.57. The lowest BCUT2D eigenvalue weighted by atomic mass is 9.95. The first-order valence-corrected chi connectivity index (χ1v) is 8.38. The lowest BCUT2D eigenvalue weighted by molar-refractivity contribution is 0.430. The number of benzene rings is 1. The Balaban J connectivity index is 1.48. The van der Waals surface area contributed by atoms with Gasteiger partial charge in [0.1, 0.15) is 5.82 Å². The second-order valence-corrected chi connectivity index (χ2v) is 6.07. The molecule has 6 nitrogen and oxygen atoms in total. The number of hydrogen-bond donors (Lipinski definition) is 1. The molecule has 0 atom stereocenters. The highest BCUT2D eigenvalue weighted by Crippen LogP contribution is 2.23. The Morgan fingerprint density at radius 3 is 2.50 bits per heavy atom. The smallest absolute Gasteiger partial charge is 0.278 e. The second-order valence-electron chi connectivity index (χ2n) is 6.07. The molecule has 0 spiro atoms. The van der Waals surface area contributed by atoms with Crippen molar-refractivity contribution in [3.63, 3.8) is 0 Å². The van der Waals surface area contributed by atoms with Gasteiger partial charge in [-0.3, -0.25) is 0 Å². The molecule has 0 aliphatic heterocycles. The van der Waals surface area contributed by atoms with Crippen LogP contribution in [-0.2, 0) is 0 Å². The fraction of sp³-hybridized carbons (Fsp3) is 0.333. The van der Waals surface area contributed by atoms with Gasteiger partial charge < -0.3 is 9.84 Å².